The standard InChI is InChI=1S/C22H25FN4O4/c1-3-5-13-26(18-19(24)27(12-4-2)22(30)25-20(18)28)21(29)17-11-10-16(31-17)14-8-6-7-9-15(14)23/h6-11H,3-5,12-13,24H2,1-2H3,(H,25,28,30). The summed E-state index contributed by atoms with van der Waals surface area (Å²) < 4.78 is 20.9. The summed E-state index contributed by atoms with van der Waals surface area (Å²) in [5.74, 6) is -1.04. The summed E-state index contributed by atoms with van der Waals surface area (Å²) in [6.45, 7) is 4.30. The number of carbonyl (C=O) groups excluding carboxylic acids is 1. The first-order chi connectivity index (χ1) is 14.9. The summed E-state index contributed by atoms with van der Waals surface area (Å²) in [4.78, 5) is 41.5. The molecule has 0 saturated heterocycles. The molecule has 0 unspecified atom stereocenters. The summed E-state index contributed by atoms with van der Waals surface area (Å²) in [5.41, 5.74) is 4.88. The zero-order chi connectivity index (χ0) is 22.5. The Labute approximate surface area is 178 Å². The van der Waals surface area contributed by atoms with Gasteiger partial charge in [0.1, 0.15) is 17.4 Å². The number of aromatic nitrogens is 2. The van der Waals surface area contributed by atoms with Crippen LogP contribution in [0.2, 0.25) is 0 Å². The molecule has 0 aliphatic rings. The lowest BCUT2D eigenvalue weighted by molar-refractivity contribution is 0.0960. The van der Waals surface area contributed by atoms with Crippen molar-refractivity contribution < 1.29 is 13.6 Å². The highest BCUT2D eigenvalue weighted by molar-refractivity contribution is 6.05. The summed E-state index contributed by atoms with van der Waals surface area (Å²) >= 11 is 0. The van der Waals surface area contributed by atoms with Crippen LogP contribution in [-0.2, 0) is 6.54 Å². The van der Waals surface area contributed by atoms with E-state index < -0.39 is 23.0 Å². The van der Waals surface area contributed by atoms with E-state index in [0.29, 0.717) is 19.4 Å². The number of halogens is 1. The Morgan fingerprint density at radius 3 is 2.58 bits per heavy atom. The van der Waals surface area contributed by atoms with Gasteiger partial charge in [0, 0.05) is 13.1 Å². The largest absolute Gasteiger partial charge is 0.451 e. The third kappa shape index (κ3) is 4.45. The van der Waals surface area contributed by atoms with Crippen molar-refractivity contribution in [2.45, 2.75) is 39.7 Å². The van der Waals surface area contributed by atoms with Crippen LogP contribution in [0.4, 0.5) is 15.9 Å². The first-order valence-corrected chi connectivity index (χ1v) is 10.2. The van der Waals surface area contributed by atoms with Gasteiger partial charge in [-0.15, -0.1) is 0 Å². The topological polar surface area (TPSA) is 114 Å². The fourth-order valence-corrected chi connectivity index (χ4v) is 3.31. The molecule has 0 spiro atoms. The predicted octanol–water partition coefficient (Wildman–Crippen LogP) is 3.37. The third-order valence-corrected chi connectivity index (χ3v) is 4.87. The monoisotopic (exact) mass is 428 g/mol. The van der Waals surface area contributed by atoms with E-state index in [4.69, 9.17) is 10.2 Å². The number of anilines is 2. The lowest BCUT2D eigenvalue weighted by Gasteiger charge is -2.23. The average Bonchev–Trinajstić information content (AvgIpc) is 3.23. The van der Waals surface area contributed by atoms with Crippen LogP contribution in [0.1, 0.15) is 43.7 Å². The molecule has 2 aromatic heterocycles. The molecular formula is C22H25FN4O4. The number of hydrogen-bond donors (Lipinski definition) is 2. The normalized spacial score (nSPS) is 10.9. The molecule has 2 heterocycles. The van der Waals surface area contributed by atoms with E-state index in [1.807, 2.05) is 13.8 Å². The minimum Gasteiger partial charge on any atom is -0.451 e. The molecule has 0 radical (unpaired) electrons. The van der Waals surface area contributed by atoms with E-state index in [1.54, 1.807) is 18.2 Å². The third-order valence-electron chi connectivity index (χ3n) is 4.87. The second kappa shape index (κ2) is 9.46. The molecule has 0 bridgehead atoms. The number of nitrogens with one attached hydrogen (secondary N) is 1. The van der Waals surface area contributed by atoms with Gasteiger partial charge < -0.3 is 10.2 Å². The van der Waals surface area contributed by atoms with Gasteiger partial charge in [-0.05, 0) is 37.1 Å². The minimum absolute atomic E-state index is 0.0682. The molecule has 164 valence electrons. The molecule has 31 heavy (non-hydrogen) atoms. The van der Waals surface area contributed by atoms with Crippen LogP contribution in [0.5, 0.6) is 0 Å². The summed E-state index contributed by atoms with van der Waals surface area (Å²) in [6.07, 6.45) is 1.97. The summed E-state index contributed by atoms with van der Waals surface area (Å²) in [5, 5.41) is 0. The summed E-state index contributed by atoms with van der Waals surface area (Å²) in [6, 6.07) is 8.98. The quantitative estimate of drug-likeness (QED) is 0.571. The second-order valence-electron chi connectivity index (χ2n) is 7.10. The van der Waals surface area contributed by atoms with Gasteiger partial charge in [-0.3, -0.25) is 24.0 Å². The first kappa shape index (κ1) is 22.1. The number of rotatable bonds is 8. The van der Waals surface area contributed by atoms with Crippen molar-refractivity contribution in [1.82, 2.24) is 9.55 Å². The lowest BCUT2D eigenvalue weighted by Crippen LogP contribution is -2.41. The van der Waals surface area contributed by atoms with Gasteiger partial charge >= 0.3 is 5.69 Å². The van der Waals surface area contributed by atoms with E-state index in [9.17, 15) is 18.8 Å². The number of benzene rings is 1. The van der Waals surface area contributed by atoms with Crippen LogP contribution in [0, 0.1) is 5.82 Å². The average molecular weight is 428 g/mol. The Hall–Kier alpha value is -3.62. The SMILES string of the molecule is CCCCN(C(=O)c1ccc(-c2ccccc2F)o1)c1c(N)n(CCC)c(=O)[nH]c1=O. The molecule has 1 amide bonds. The molecule has 3 aromatic rings. The van der Waals surface area contributed by atoms with Gasteiger partial charge in [-0.25, -0.2) is 9.18 Å². The number of carbonyl (C=O) groups is 1. The second-order valence-corrected chi connectivity index (χ2v) is 7.10. The molecule has 0 aliphatic carbocycles. The van der Waals surface area contributed by atoms with Gasteiger partial charge in [-0.2, -0.15) is 0 Å². The first-order valence-electron chi connectivity index (χ1n) is 10.2. The van der Waals surface area contributed by atoms with Crippen LogP contribution >= 0.6 is 0 Å². The van der Waals surface area contributed by atoms with Crippen molar-refractivity contribution in [3.63, 3.8) is 0 Å². The Morgan fingerprint density at radius 2 is 1.90 bits per heavy atom. The van der Waals surface area contributed by atoms with Crippen molar-refractivity contribution in [3.8, 4) is 11.3 Å². The van der Waals surface area contributed by atoms with Crippen molar-refractivity contribution in [1.29, 1.82) is 0 Å². The van der Waals surface area contributed by atoms with Crippen LogP contribution in [0.15, 0.2) is 50.4 Å². The Morgan fingerprint density at radius 1 is 1.16 bits per heavy atom. The maximum absolute atomic E-state index is 14.1. The highest BCUT2D eigenvalue weighted by atomic mass is 19.1. The molecule has 3 rings (SSSR count). The number of hydrogen-bond acceptors (Lipinski definition) is 5. The van der Waals surface area contributed by atoms with Gasteiger partial charge in [0.25, 0.3) is 11.5 Å². The maximum atomic E-state index is 14.1. The van der Waals surface area contributed by atoms with E-state index in [-0.39, 0.29) is 35.1 Å². The number of amides is 1. The van der Waals surface area contributed by atoms with Gasteiger partial charge in [-0.1, -0.05) is 32.4 Å². The molecule has 0 fully saturated rings. The molecule has 3 N–H and O–H groups in total. The Kier molecular flexibility index (Phi) is 6.74. The number of H-pyrrole nitrogens is 1. The molecule has 0 atom stereocenters. The highest BCUT2D eigenvalue weighted by Crippen LogP contribution is 2.27. The number of furan rings is 1. The highest BCUT2D eigenvalue weighted by Gasteiger charge is 2.27. The van der Waals surface area contributed by atoms with Crippen LogP contribution in [-0.4, -0.2) is 22.0 Å². The van der Waals surface area contributed by atoms with Crippen LogP contribution < -0.4 is 21.9 Å². The van der Waals surface area contributed by atoms with E-state index in [0.717, 1.165) is 6.42 Å². The predicted molar refractivity (Wildman–Crippen MR) is 117 cm³/mol. The minimum atomic E-state index is -0.750. The number of unbranched alkanes of at least 4 members (excludes halogenated alkanes) is 1. The number of nitrogens with zero attached hydrogens (tertiary/aromatic N) is 2. The van der Waals surface area contributed by atoms with Gasteiger partial charge in [0.15, 0.2) is 11.4 Å². The number of aromatic amines is 1. The molecule has 1 aromatic carbocycles. The van der Waals surface area contributed by atoms with E-state index >= 15 is 0 Å². The van der Waals surface area contributed by atoms with Crippen molar-refractivity contribution in [2.24, 2.45) is 0 Å². The lowest BCUT2D eigenvalue weighted by atomic mass is 10.1. The Balaban J connectivity index is 2.06. The van der Waals surface area contributed by atoms with Crippen molar-refractivity contribution >= 4 is 17.4 Å². The summed E-state index contributed by atoms with van der Waals surface area (Å²) in [7, 11) is 0. The van der Waals surface area contributed by atoms with Crippen molar-refractivity contribution in [3.05, 3.63) is 68.8 Å². The van der Waals surface area contributed by atoms with E-state index in [1.165, 1.54) is 27.7 Å². The molecule has 0 saturated carbocycles. The zero-order valence-corrected chi connectivity index (χ0v) is 17.5. The van der Waals surface area contributed by atoms with E-state index in [2.05, 4.69) is 4.98 Å². The maximum Gasteiger partial charge on any atom is 0.330 e. The van der Waals surface area contributed by atoms with Gasteiger partial charge in [0.05, 0.1) is 5.56 Å². The molecule has 8 nitrogen and oxygen atoms in total. The zero-order valence-electron chi connectivity index (χ0n) is 17.5. The van der Waals surface area contributed by atoms with Crippen molar-refractivity contribution in [2.75, 3.05) is 17.2 Å². The fourth-order valence-electron chi connectivity index (χ4n) is 3.31. The number of nitrogens with two attached hydrogens (primary N) is 1. The van der Waals surface area contributed by atoms with Crippen LogP contribution in [0.25, 0.3) is 11.3 Å². The molecule has 9 heteroatoms. The number of nitrogen functional groups attached to an aromatic ring is 1. The fraction of sp³-hybridized carbons (Fsp3) is 0.318. The van der Waals surface area contributed by atoms with Crippen LogP contribution in [0.3, 0.4) is 0 Å². The molecule has 0 aliphatic heterocycles. The molecular weight excluding hydrogens is 403 g/mol. The Bertz CT molecular complexity index is 1190. The smallest absolute Gasteiger partial charge is 0.330 e. The van der Waals surface area contributed by atoms with Gasteiger partial charge in [0.2, 0.25) is 0 Å².